The molecule has 0 aliphatic carbocycles. The Morgan fingerprint density at radius 1 is 1.50 bits per heavy atom. The highest BCUT2D eigenvalue weighted by Crippen LogP contribution is 2.18. The molecule has 4 heteroatoms. The summed E-state index contributed by atoms with van der Waals surface area (Å²) in [5.41, 5.74) is 1.06. The van der Waals surface area contributed by atoms with Crippen LogP contribution < -0.4 is 15.4 Å². The third-order valence-electron chi connectivity index (χ3n) is 3.96. The summed E-state index contributed by atoms with van der Waals surface area (Å²) in [6, 6.07) is 8.09. The number of ether oxygens (including phenoxy) is 1. The van der Waals surface area contributed by atoms with Crippen LogP contribution in [-0.2, 0) is 11.3 Å². The van der Waals surface area contributed by atoms with Crippen molar-refractivity contribution in [1.82, 2.24) is 10.6 Å². The van der Waals surface area contributed by atoms with Gasteiger partial charge in [0.05, 0.1) is 7.11 Å². The zero-order chi connectivity index (χ0) is 14.4. The van der Waals surface area contributed by atoms with Crippen molar-refractivity contribution in [3.8, 4) is 5.75 Å². The molecule has 0 radical (unpaired) electrons. The average molecular weight is 276 g/mol. The summed E-state index contributed by atoms with van der Waals surface area (Å²) in [7, 11) is 1.65. The molecule has 1 amide bonds. The Labute approximate surface area is 120 Å². The van der Waals surface area contributed by atoms with Gasteiger partial charge in [0, 0.05) is 19.0 Å². The number of hydrogen-bond donors (Lipinski definition) is 2. The Bertz CT molecular complexity index is 448. The molecule has 4 nitrogen and oxygen atoms in total. The van der Waals surface area contributed by atoms with Gasteiger partial charge in [-0.05, 0) is 43.0 Å². The van der Waals surface area contributed by atoms with E-state index >= 15 is 0 Å². The zero-order valence-electron chi connectivity index (χ0n) is 12.3. The molecule has 1 fully saturated rings. The predicted octanol–water partition coefficient (Wildman–Crippen LogP) is 2.09. The Kier molecular flexibility index (Phi) is 5.41. The molecule has 0 bridgehead atoms. The fourth-order valence-corrected chi connectivity index (χ4v) is 2.64. The van der Waals surface area contributed by atoms with Gasteiger partial charge in [-0.2, -0.15) is 0 Å². The molecule has 1 heterocycles. The third-order valence-corrected chi connectivity index (χ3v) is 3.96. The van der Waals surface area contributed by atoms with Gasteiger partial charge in [0.25, 0.3) is 0 Å². The standard InChI is InChI=1S/C16H24N2O2/c1-12-5-4-8-17-15(12)10-16(19)18-11-13-6-3-7-14(9-13)20-2/h3,6-7,9,12,15,17H,4-5,8,10-11H2,1-2H3,(H,18,19). The van der Waals surface area contributed by atoms with Gasteiger partial charge >= 0.3 is 0 Å². The van der Waals surface area contributed by atoms with Crippen LogP contribution in [0.3, 0.4) is 0 Å². The van der Waals surface area contributed by atoms with Crippen LogP contribution in [0.2, 0.25) is 0 Å². The fourth-order valence-electron chi connectivity index (χ4n) is 2.64. The van der Waals surface area contributed by atoms with E-state index in [1.807, 2.05) is 24.3 Å². The van der Waals surface area contributed by atoms with Gasteiger partial charge < -0.3 is 15.4 Å². The molecule has 0 spiro atoms. The summed E-state index contributed by atoms with van der Waals surface area (Å²) in [4.78, 5) is 12.0. The number of carbonyl (C=O) groups is 1. The summed E-state index contributed by atoms with van der Waals surface area (Å²) in [6.07, 6.45) is 2.98. The first kappa shape index (κ1) is 14.9. The number of benzene rings is 1. The van der Waals surface area contributed by atoms with Crippen LogP contribution in [0.15, 0.2) is 24.3 Å². The van der Waals surface area contributed by atoms with E-state index < -0.39 is 0 Å². The summed E-state index contributed by atoms with van der Waals surface area (Å²) in [5, 5.41) is 6.42. The van der Waals surface area contributed by atoms with Gasteiger partial charge in [0.2, 0.25) is 5.91 Å². The van der Waals surface area contributed by atoms with Crippen molar-refractivity contribution < 1.29 is 9.53 Å². The number of methoxy groups -OCH3 is 1. The van der Waals surface area contributed by atoms with Crippen LogP contribution in [0.25, 0.3) is 0 Å². The van der Waals surface area contributed by atoms with Crippen LogP contribution in [-0.4, -0.2) is 25.6 Å². The lowest BCUT2D eigenvalue weighted by molar-refractivity contribution is -0.122. The second-order valence-corrected chi connectivity index (χ2v) is 5.51. The highest BCUT2D eigenvalue weighted by Gasteiger charge is 2.22. The van der Waals surface area contributed by atoms with E-state index in [1.54, 1.807) is 7.11 Å². The monoisotopic (exact) mass is 276 g/mol. The largest absolute Gasteiger partial charge is 0.497 e. The second kappa shape index (κ2) is 7.29. The molecule has 1 aliphatic heterocycles. The van der Waals surface area contributed by atoms with E-state index in [-0.39, 0.29) is 5.91 Å². The van der Waals surface area contributed by atoms with E-state index in [4.69, 9.17) is 4.74 Å². The smallest absolute Gasteiger partial charge is 0.221 e. The number of rotatable bonds is 5. The molecule has 0 aromatic heterocycles. The second-order valence-electron chi connectivity index (χ2n) is 5.51. The Hall–Kier alpha value is -1.55. The number of nitrogens with one attached hydrogen (secondary N) is 2. The molecule has 1 aromatic rings. The first-order chi connectivity index (χ1) is 9.69. The van der Waals surface area contributed by atoms with Crippen LogP contribution in [0.4, 0.5) is 0 Å². The van der Waals surface area contributed by atoms with Crippen molar-refractivity contribution in [3.63, 3.8) is 0 Å². The predicted molar refractivity (Wildman–Crippen MR) is 79.6 cm³/mol. The maximum Gasteiger partial charge on any atom is 0.221 e. The van der Waals surface area contributed by atoms with Crippen LogP contribution >= 0.6 is 0 Å². The molecule has 20 heavy (non-hydrogen) atoms. The lowest BCUT2D eigenvalue weighted by Crippen LogP contribution is -2.43. The van der Waals surface area contributed by atoms with Crippen LogP contribution in [0.1, 0.15) is 31.7 Å². The van der Waals surface area contributed by atoms with Gasteiger partial charge in [-0.25, -0.2) is 0 Å². The molecule has 2 unspecified atom stereocenters. The maximum absolute atomic E-state index is 12.0. The molecular weight excluding hydrogens is 252 g/mol. The van der Waals surface area contributed by atoms with E-state index in [1.165, 1.54) is 12.8 Å². The van der Waals surface area contributed by atoms with E-state index in [2.05, 4.69) is 17.6 Å². The highest BCUT2D eigenvalue weighted by molar-refractivity contribution is 5.76. The molecule has 1 saturated heterocycles. The average Bonchev–Trinajstić information content (AvgIpc) is 2.48. The quantitative estimate of drug-likeness (QED) is 0.866. The third kappa shape index (κ3) is 4.23. The number of amides is 1. The molecular formula is C16H24N2O2. The SMILES string of the molecule is COc1cccc(CNC(=O)CC2NCCCC2C)c1. The fraction of sp³-hybridized carbons (Fsp3) is 0.562. The zero-order valence-corrected chi connectivity index (χ0v) is 12.3. The molecule has 1 aliphatic rings. The minimum absolute atomic E-state index is 0.110. The molecule has 2 atom stereocenters. The first-order valence-corrected chi connectivity index (χ1v) is 7.32. The number of piperidine rings is 1. The lowest BCUT2D eigenvalue weighted by atomic mass is 9.90. The van der Waals surface area contributed by atoms with Gasteiger partial charge in [-0.3, -0.25) is 4.79 Å². The maximum atomic E-state index is 12.0. The summed E-state index contributed by atoms with van der Waals surface area (Å²) < 4.78 is 5.17. The number of carbonyl (C=O) groups excluding carboxylic acids is 1. The Balaban J connectivity index is 1.79. The Morgan fingerprint density at radius 2 is 2.35 bits per heavy atom. The summed E-state index contributed by atoms with van der Waals surface area (Å²) >= 11 is 0. The van der Waals surface area contributed by atoms with Crippen molar-refractivity contribution in [3.05, 3.63) is 29.8 Å². The van der Waals surface area contributed by atoms with Crippen molar-refractivity contribution in [2.75, 3.05) is 13.7 Å². The van der Waals surface area contributed by atoms with E-state index in [9.17, 15) is 4.79 Å². The highest BCUT2D eigenvalue weighted by atomic mass is 16.5. The number of hydrogen-bond acceptors (Lipinski definition) is 3. The molecule has 2 N–H and O–H groups in total. The molecule has 110 valence electrons. The van der Waals surface area contributed by atoms with Gasteiger partial charge in [0.1, 0.15) is 5.75 Å². The van der Waals surface area contributed by atoms with E-state index in [0.29, 0.717) is 24.9 Å². The normalized spacial score (nSPS) is 22.3. The minimum Gasteiger partial charge on any atom is -0.497 e. The van der Waals surface area contributed by atoms with Gasteiger partial charge in [-0.1, -0.05) is 19.1 Å². The van der Waals surface area contributed by atoms with Crippen molar-refractivity contribution in [2.24, 2.45) is 5.92 Å². The topological polar surface area (TPSA) is 50.4 Å². The van der Waals surface area contributed by atoms with Crippen LogP contribution in [0, 0.1) is 5.92 Å². The van der Waals surface area contributed by atoms with Crippen molar-refractivity contribution in [1.29, 1.82) is 0 Å². The molecule has 2 rings (SSSR count). The minimum atomic E-state index is 0.110. The first-order valence-electron chi connectivity index (χ1n) is 7.32. The lowest BCUT2D eigenvalue weighted by Gasteiger charge is -2.29. The van der Waals surface area contributed by atoms with Gasteiger partial charge in [-0.15, -0.1) is 0 Å². The summed E-state index contributed by atoms with van der Waals surface area (Å²) in [5.74, 6) is 1.50. The molecule has 1 aromatic carbocycles. The van der Waals surface area contributed by atoms with Gasteiger partial charge in [0.15, 0.2) is 0 Å². The summed E-state index contributed by atoms with van der Waals surface area (Å²) in [6.45, 7) is 3.79. The van der Waals surface area contributed by atoms with E-state index in [0.717, 1.165) is 17.9 Å². The van der Waals surface area contributed by atoms with Crippen LogP contribution in [0.5, 0.6) is 5.75 Å². The molecule has 0 saturated carbocycles. The van der Waals surface area contributed by atoms with Crippen molar-refractivity contribution in [2.45, 2.75) is 38.8 Å². The van der Waals surface area contributed by atoms with Crippen molar-refractivity contribution >= 4 is 5.91 Å². The Morgan fingerprint density at radius 3 is 3.10 bits per heavy atom.